The molecule has 4 saturated heterocycles. The van der Waals surface area contributed by atoms with Crippen LogP contribution in [0.1, 0.15) is 25.7 Å². The second-order valence-electron chi connectivity index (χ2n) is 7.94. The van der Waals surface area contributed by atoms with E-state index in [1.807, 2.05) is 0 Å². The molecule has 3 unspecified atom stereocenters. The van der Waals surface area contributed by atoms with Gasteiger partial charge in [0.15, 0.2) is 0 Å². The van der Waals surface area contributed by atoms with E-state index >= 15 is 0 Å². The summed E-state index contributed by atoms with van der Waals surface area (Å²) in [7, 11) is 0. The minimum absolute atomic E-state index is 0.208. The van der Waals surface area contributed by atoms with Crippen LogP contribution in [0.3, 0.4) is 0 Å². The number of nitrogens with one attached hydrogen (secondary N) is 2. The highest BCUT2D eigenvalue weighted by atomic mass is 32.2. The second-order valence-corrected chi connectivity index (χ2v) is 8.52. The Morgan fingerprint density at radius 3 is 2.89 bits per heavy atom. The van der Waals surface area contributed by atoms with Gasteiger partial charge in [-0.15, -0.1) is 4.28 Å². The molecule has 0 radical (unpaired) electrons. The molecule has 0 aliphatic carbocycles. The van der Waals surface area contributed by atoms with Crippen molar-refractivity contribution in [3.8, 4) is 0 Å². The SMILES string of the molecule is O=C(NOC[C@@H]1C[C@H](CN2CCC2)CN1)C1CCC2CN1C(=O)N2OS(=O)O. The first-order chi connectivity index (χ1) is 13.5. The zero-order chi connectivity index (χ0) is 19.7. The van der Waals surface area contributed by atoms with Crippen molar-refractivity contribution in [2.24, 2.45) is 5.92 Å². The number of hydrogen-bond donors (Lipinski definition) is 3. The zero-order valence-corrected chi connectivity index (χ0v) is 16.4. The van der Waals surface area contributed by atoms with E-state index in [1.54, 1.807) is 0 Å². The summed E-state index contributed by atoms with van der Waals surface area (Å²) in [5, 5.41) is 4.32. The maximum absolute atomic E-state index is 12.5. The van der Waals surface area contributed by atoms with Gasteiger partial charge in [0.05, 0.1) is 12.6 Å². The number of rotatable bonds is 8. The number of likely N-dealkylation sites (tertiary alicyclic amines) is 1. The average Bonchev–Trinajstić information content (AvgIpc) is 3.17. The summed E-state index contributed by atoms with van der Waals surface area (Å²) in [4.78, 5) is 34.0. The third-order valence-electron chi connectivity index (χ3n) is 6.00. The van der Waals surface area contributed by atoms with Crippen LogP contribution in [0.25, 0.3) is 0 Å². The normalized spacial score (nSPS) is 33.8. The minimum Gasteiger partial charge on any atom is -0.311 e. The van der Waals surface area contributed by atoms with Gasteiger partial charge in [-0.25, -0.2) is 10.3 Å². The summed E-state index contributed by atoms with van der Waals surface area (Å²) in [5.74, 6) is 0.235. The number of urea groups is 1. The maximum atomic E-state index is 12.5. The van der Waals surface area contributed by atoms with Gasteiger partial charge in [0.2, 0.25) is 0 Å². The Balaban J connectivity index is 1.19. The van der Waals surface area contributed by atoms with Gasteiger partial charge in [0.25, 0.3) is 5.91 Å². The molecule has 5 atom stereocenters. The molecule has 0 saturated carbocycles. The number of fused-ring (bicyclic) bond motifs is 2. The third kappa shape index (κ3) is 4.31. The topological polar surface area (TPSA) is 124 Å². The second kappa shape index (κ2) is 8.59. The van der Waals surface area contributed by atoms with Crippen LogP contribution in [0, 0.1) is 5.92 Å². The number of carbonyl (C=O) groups excluding carboxylic acids is 2. The first kappa shape index (κ1) is 20.0. The van der Waals surface area contributed by atoms with E-state index in [0.717, 1.165) is 24.6 Å². The molecule has 158 valence electrons. The molecule has 4 fully saturated rings. The Morgan fingerprint density at radius 1 is 1.36 bits per heavy atom. The van der Waals surface area contributed by atoms with E-state index in [4.69, 9.17) is 9.39 Å². The van der Waals surface area contributed by atoms with Crippen LogP contribution in [-0.2, 0) is 25.3 Å². The maximum Gasteiger partial charge on any atom is 0.346 e. The Labute approximate surface area is 166 Å². The van der Waals surface area contributed by atoms with Gasteiger partial charge >= 0.3 is 17.4 Å². The minimum atomic E-state index is -2.57. The predicted octanol–water partition coefficient (Wildman–Crippen LogP) is -0.945. The molecule has 2 bridgehead atoms. The van der Waals surface area contributed by atoms with E-state index in [-0.39, 0.29) is 24.5 Å². The first-order valence-electron chi connectivity index (χ1n) is 9.77. The van der Waals surface area contributed by atoms with Crippen molar-refractivity contribution in [1.82, 2.24) is 25.7 Å². The van der Waals surface area contributed by atoms with Gasteiger partial charge < -0.3 is 15.1 Å². The summed E-state index contributed by atoms with van der Waals surface area (Å²) in [5.41, 5.74) is 2.46. The molecular formula is C16H27N5O6S. The van der Waals surface area contributed by atoms with Gasteiger partial charge in [-0.3, -0.25) is 14.2 Å². The molecule has 0 aromatic carbocycles. The summed E-state index contributed by atoms with van der Waals surface area (Å²) in [6.07, 6.45) is 3.28. The first-order valence-corrected chi connectivity index (χ1v) is 10.8. The van der Waals surface area contributed by atoms with Crippen LogP contribution in [0.15, 0.2) is 0 Å². The number of carbonyl (C=O) groups is 2. The van der Waals surface area contributed by atoms with Gasteiger partial charge in [0.1, 0.15) is 6.04 Å². The number of nitrogens with zero attached hydrogens (tertiary/aromatic N) is 3. The van der Waals surface area contributed by atoms with E-state index in [9.17, 15) is 13.8 Å². The molecule has 4 rings (SSSR count). The van der Waals surface area contributed by atoms with Crippen molar-refractivity contribution in [2.45, 2.75) is 43.8 Å². The van der Waals surface area contributed by atoms with Crippen molar-refractivity contribution in [3.05, 3.63) is 0 Å². The molecule has 4 aliphatic rings. The smallest absolute Gasteiger partial charge is 0.311 e. The number of hydrogen-bond acceptors (Lipinski definition) is 7. The van der Waals surface area contributed by atoms with Crippen molar-refractivity contribution < 1.29 is 27.5 Å². The highest BCUT2D eigenvalue weighted by Gasteiger charge is 2.48. The van der Waals surface area contributed by atoms with Crippen molar-refractivity contribution in [3.63, 3.8) is 0 Å². The molecule has 0 aromatic heterocycles. The lowest BCUT2D eigenvalue weighted by Gasteiger charge is -2.32. The Bertz CT molecular complexity index is 635. The average molecular weight is 417 g/mol. The van der Waals surface area contributed by atoms with E-state index in [1.165, 1.54) is 24.4 Å². The van der Waals surface area contributed by atoms with Crippen molar-refractivity contribution in [2.75, 3.05) is 39.3 Å². The van der Waals surface area contributed by atoms with Crippen LogP contribution >= 0.6 is 0 Å². The Kier molecular flexibility index (Phi) is 6.13. The largest absolute Gasteiger partial charge is 0.346 e. The lowest BCUT2D eigenvalue weighted by molar-refractivity contribution is -0.139. The number of piperidine rings is 1. The summed E-state index contributed by atoms with van der Waals surface area (Å²) in [6.45, 7) is 5.14. The number of amides is 3. The van der Waals surface area contributed by atoms with Crippen LogP contribution < -0.4 is 10.8 Å². The molecule has 3 amide bonds. The molecular weight excluding hydrogens is 390 g/mol. The third-order valence-corrected chi connectivity index (χ3v) is 6.29. The van der Waals surface area contributed by atoms with Crippen molar-refractivity contribution >= 4 is 23.3 Å². The summed E-state index contributed by atoms with van der Waals surface area (Å²) >= 11 is -2.57. The Hall–Kier alpha value is -1.31. The molecule has 0 aromatic rings. The molecule has 4 heterocycles. The Morgan fingerprint density at radius 2 is 2.18 bits per heavy atom. The zero-order valence-electron chi connectivity index (χ0n) is 15.6. The monoisotopic (exact) mass is 417 g/mol. The van der Waals surface area contributed by atoms with Gasteiger partial charge in [-0.2, -0.15) is 9.27 Å². The molecule has 28 heavy (non-hydrogen) atoms. The standard InChI is InChI=1S/C16H27N5O6S/c22-15(14-3-2-13-9-20(14)16(23)21(13)27-28(24)25)18-26-10-12-6-11(7-17-12)8-19-4-1-5-19/h11-14,17H,1-10H2,(H,18,22)(H,24,25)/t11-,12-,13?,14?/m0/s1. The van der Waals surface area contributed by atoms with E-state index in [2.05, 4.69) is 20.0 Å². The van der Waals surface area contributed by atoms with Crippen molar-refractivity contribution in [1.29, 1.82) is 0 Å². The van der Waals surface area contributed by atoms with Gasteiger partial charge in [-0.1, -0.05) is 0 Å². The molecule has 11 nitrogen and oxygen atoms in total. The lowest BCUT2D eigenvalue weighted by atomic mass is 10.0. The summed E-state index contributed by atoms with van der Waals surface area (Å²) in [6, 6.07) is -1.35. The van der Waals surface area contributed by atoms with Crippen LogP contribution in [-0.4, -0.2) is 93.0 Å². The molecule has 12 heteroatoms. The fraction of sp³-hybridized carbons (Fsp3) is 0.875. The molecule has 0 spiro atoms. The quantitative estimate of drug-likeness (QED) is 0.341. The predicted molar refractivity (Wildman–Crippen MR) is 97.7 cm³/mol. The molecule has 4 aliphatic heterocycles. The van der Waals surface area contributed by atoms with Crippen LogP contribution in [0.2, 0.25) is 0 Å². The molecule has 3 N–H and O–H groups in total. The van der Waals surface area contributed by atoms with Crippen LogP contribution in [0.4, 0.5) is 4.79 Å². The van der Waals surface area contributed by atoms with Gasteiger partial charge in [0, 0.05) is 19.1 Å². The fourth-order valence-corrected chi connectivity index (χ4v) is 4.77. The fourth-order valence-electron chi connectivity index (χ4n) is 4.45. The van der Waals surface area contributed by atoms with Crippen LogP contribution in [0.5, 0.6) is 0 Å². The lowest BCUT2D eigenvalue weighted by Crippen LogP contribution is -2.50. The summed E-state index contributed by atoms with van der Waals surface area (Å²) < 4.78 is 24.4. The highest BCUT2D eigenvalue weighted by Crippen LogP contribution is 2.30. The van der Waals surface area contributed by atoms with E-state index < -0.39 is 23.4 Å². The van der Waals surface area contributed by atoms with Gasteiger partial charge in [-0.05, 0) is 51.2 Å². The highest BCUT2D eigenvalue weighted by molar-refractivity contribution is 7.74. The number of hydroxylamine groups is 3. The van der Waals surface area contributed by atoms with E-state index in [0.29, 0.717) is 25.4 Å².